The van der Waals surface area contributed by atoms with Gasteiger partial charge in [0.1, 0.15) is 11.4 Å². The predicted octanol–water partition coefficient (Wildman–Crippen LogP) is 5.50. The molecule has 1 N–H and O–H groups in total. The van der Waals surface area contributed by atoms with Crippen LogP contribution < -0.4 is 14.2 Å². The Balaban J connectivity index is 1.66. The van der Waals surface area contributed by atoms with Crippen LogP contribution in [0.3, 0.4) is 0 Å². The first-order valence-electron chi connectivity index (χ1n) is 11.0. The van der Waals surface area contributed by atoms with Crippen LogP contribution in [0.5, 0.6) is 17.2 Å². The maximum atomic E-state index is 13.7. The molecule has 178 valence electrons. The predicted molar refractivity (Wildman–Crippen MR) is 133 cm³/mol. The van der Waals surface area contributed by atoms with Gasteiger partial charge in [-0.1, -0.05) is 35.9 Å². The van der Waals surface area contributed by atoms with Crippen LogP contribution in [0.15, 0.2) is 66.7 Å². The molecule has 1 atom stereocenters. The zero-order valence-corrected chi connectivity index (χ0v) is 20.3. The van der Waals surface area contributed by atoms with Crippen LogP contribution in [0.2, 0.25) is 5.02 Å². The number of H-pyrrole nitrogens is 1. The highest BCUT2D eigenvalue weighted by atomic mass is 35.5. The van der Waals surface area contributed by atoms with Crippen LogP contribution in [0.4, 0.5) is 0 Å². The first kappa shape index (κ1) is 22.8. The summed E-state index contributed by atoms with van der Waals surface area (Å²) in [4.78, 5) is 15.5. The fraction of sp³-hybridized carbons (Fsp3) is 0.185. The molecule has 7 nitrogen and oxygen atoms in total. The summed E-state index contributed by atoms with van der Waals surface area (Å²) in [5.41, 5.74) is 4.58. The van der Waals surface area contributed by atoms with Crippen molar-refractivity contribution in [1.82, 2.24) is 15.1 Å². The van der Waals surface area contributed by atoms with E-state index in [0.29, 0.717) is 34.5 Å². The minimum atomic E-state index is -0.413. The van der Waals surface area contributed by atoms with Gasteiger partial charge >= 0.3 is 0 Å². The van der Waals surface area contributed by atoms with Crippen LogP contribution in [0.25, 0.3) is 11.3 Å². The van der Waals surface area contributed by atoms with Crippen LogP contribution in [-0.2, 0) is 6.54 Å². The number of carbonyl (C=O) groups excluding carboxylic acids is 1. The van der Waals surface area contributed by atoms with E-state index in [9.17, 15) is 4.79 Å². The number of rotatable bonds is 7. The summed E-state index contributed by atoms with van der Waals surface area (Å²) in [5, 5.41) is 8.12. The minimum Gasteiger partial charge on any atom is -0.497 e. The van der Waals surface area contributed by atoms with Crippen LogP contribution in [0, 0.1) is 0 Å². The molecule has 3 aromatic carbocycles. The van der Waals surface area contributed by atoms with Gasteiger partial charge in [0.05, 0.1) is 33.1 Å². The highest BCUT2D eigenvalue weighted by Gasteiger charge is 2.42. The van der Waals surface area contributed by atoms with E-state index in [1.165, 1.54) is 0 Å². The molecule has 1 unspecified atom stereocenters. The van der Waals surface area contributed by atoms with E-state index in [1.54, 1.807) is 26.2 Å². The Labute approximate surface area is 208 Å². The molecule has 5 rings (SSSR count). The second kappa shape index (κ2) is 9.35. The van der Waals surface area contributed by atoms with E-state index >= 15 is 0 Å². The molecule has 0 radical (unpaired) electrons. The lowest BCUT2D eigenvalue weighted by molar-refractivity contribution is 0.0730. The van der Waals surface area contributed by atoms with Gasteiger partial charge in [0.15, 0.2) is 11.5 Å². The van der Waals surface area contributed by atoms with Crippen LogP contribution >= 0.6 is 11.6 Å². The molecule has 1 amide bonds. The highest BCUT2D eigenvalue weighted by Crippen LogP contribution is 2.45. The number of ether oxygens (including phenoxy) is 3. The number of nitrogens with zero attached hydrogens (tertiary/aromatic N) is 2. The van der Waals surface area contributed by atoms with Gasteiger partial charge in [0, 0.05) is 22.7 Å². The zero-order chi connectivity index (χ0) is 24.5. The summed E-state index contributed by atoms with van der Waals surface area (Å²) in [6, 6.07) is 20.4. The molecule has 0 saturated carbocycles. The lowest BCUT2D eigenvalue weighted by Crippen LogP contribution is -2.29. The van der Waals surface area contributed by atoms with Crippen molar-refractivity contribution in [2.45, 2.75) is 12.6 Å². The van der Waals surface area contributed by atoms with Gasteiger partial charge in [-0.05, 0) is 53.6 Å². The summed E-state index contributed by atoms with van der Waals surface area (Å²) < 4.78 is 16.3. The van der Waals surface area contributed by atoms with Crippen molar-refractivity contribution in [2.75, 3.05) is 21.3 Å². The number of fused-ring (bicyclic) bond motifs is 1. The van der Waals surface area contributed by atoms with Crippen molar-refractivity contribution in [2.24, 2.45) is 0 Å². The first-order chi connectivity index (χ1) is 17.0. The van der Waals surface area contributed by atoms with E-state index < -0.39 is 6.04 Å². The van der Waals surface area contributed by atoms with Gasteiger partial charge < -0.3 is 19.1 Å². The fourth-order valence-corrected chi connectivity index (χ4v) is 4.70. The van der Waals surface area contributed by atoms with E-state index in [4.69, 9.17) is 25.8 Å². The Bertz CT molecular complexity index is 1380. The number of amides is 1. The summed E-state index contributed by atoms with van der Waals surface area (Å²) >= 11 is 6.47. The Morgan fingerprint density at radius 3 is 2.37 bits per heavy atom. The van der Waals surface area contributed by atoms with Gasteiger partial charge in [0.2, 0.25) is 0 Å². The molecular formula is C27H24ClN3O4. The average Bonchev–Trinajstić information content (AvgIpc) is 3.44. The monoisotopic (exact) mass is 489 g/mol. The minimum absolute atomic E-state index is 0.146. The summed E-state index contributed by atoms with van der Waals surface area (Å²) in [5.74, 6) is 1.79. The average molecular weight is 490 g/mol. The quantitative estimate of drug-likeness (QED) is 0.371. The highest BCUT2D eigenvalue weighted by molar-refractivity contribution is 6.31. The lowest BCUT2D eigenvalue weighted by Gasteiger charge is -2.27. The summed E-state index contributed by atoms with van der Waals surface area (Å²) in [6.45, 7) is 0.335. The molecule has 0 spiro atoms. The lowest BCUT2D eigenvalue weighted by atomic mass is 9.95. The molecule has 0 saturated heterocycles. The molecule has 8 heteroatoms. The summed E-state index contributed by atoms with van der Waals surface area (Å²) in [6.07, 6.45) is 0. The van der Waals surface area contributed by atoms with Gasteiger partial charge in [-0.3, -0.25) is 9.89 Å². The number of hydrogen-bond acceptors (Lipinski definition) is 5. The third-order valence-electron chi connectivity index (χ3n) is 6.25. The third-order valence-corrected chi connectivity index (χ3v) is 6.62. The van der Waals surface area contributed by atoms with E-state index in [2.05, 4.69) is 10.2 Å². The molecular weight excluding hydrogens is 466 g/mol. The van der Waals surface area contributed by atoms with Gasteiger partial charge in [-0.15, -0.1) is 0 Å². The van der Waals surface area contributed by atoms with Crippen molar-refractivity contribution in [3.63, 3.8) is 0 Å². The van der Waals surface area contributed by atoms with E-state index in [1.807, 2.05) is 66.7 Å². The summed E-state index contributed by atoms with van der Waals surface area (Å²) in [7, 11) is 4.81. The molecule has 35 heavy (non-hydrogen) atoms. The SMILES string of the molecule is COc1ccc(-c2n[nH]c3c2C(c2ccc(OC)c(OC)c2)N(Cc2ccccc2Cl)C3=O)cc1. The van der Waals surface area contributed by atoms with Crippen molar-refractivity contribution in [3.8, 4) is 28.5 Å². The Hall–Kier alpha value is -3.97. The van der Waals surface area contributed by atoms with Crippen molar-refractivity contribution in [3.05, 3.63) is 94.1 Å². The zero-order valence-electron chi connectivity index (χ0n) is 19.5. The molecule has 0 aliphatic carbocycles. The van der Waals surface area contributed by atoms with Gasteiger partial charge in [-0.2, -0.15) is 5.10 Å². The number of halogens is 1. The molecule has 1 aromatic heterocycles. The van der Waals surface area contributed by atoms with Gasteiger partial charge in [-0.25, -0.2) is 0 Å². The van der Waals surface area contributed by atoms with Crippen molar-refractivity contribution in [1.29, 1.82) is 0 Å². The molecule has 4 aromatic rings. The number of benzene rings is 3. The molecule has 1 aliphatic heterocycles. The Morgan fingerprint density at radius 1 is 0.943 bits per heavy atom. The van der Waals surface area contributed by atoms with Crippen LogP contribution in [0.1, 0.15) is 33.2 Å². The fourth-order valence-electron chi connectivity index (χ4n) is 4.51. The maximum Gasteiger partial charge on any atom is 0.273 e. The number of nitrogens with one attached hydrogen (secondary N) is 1. The number of methoxy groups -OCH3 is 3. The smallest absolute Gasteiger partial charge is 0.273 e. The van der Waals surface area contributed by atoms with Crippen LogP contribution in [-0.4, -0.2) is 42.3 Å². The second-order valence-corrected chi connectivity index (χ2v) is 8.54. The first-order valence-corrected chi connectivity index (χ1v) is 11.4. The normalized spacial score (nSPS) is 14.7. The number of hydrogen-bond donors (Lipinski definition) is 1. The van der Waals surface area contributed by atoms with E-state index in [0.717, 1.165) is 28.0 Å². The number of aromatic amines is 1. The number of aromatic nitrogens is 2. The second-order valence-electron chi connectivity index (χ2n) is 8.13. The molecule has 0 bridgehead atoms. The van der Waals surface area contributed by atoms with E-state index in [-0.39, 0.29) is 5.91 Å². The molecule has 0 fully saturated rings. The van der Waals surface area contributed by atoms with Crippen molar-refractivity contribution >= 4 is 17.5 Å². The third kappa shape index (κ3) is 3.98. The topological polar surface area (TPSA) is 76.7 Å². The standard InChI is InChI=1S/C27H24ClN3O4/c1-33-19-11-8-16(9-12-19)24-23-25(30-29-24)27(32)31(15-18-6-4-5-7-20(18)28)26(23)17-10-13-21(34-2)22(14-17)35-3/h4-14,26H,15H2,1-3H3,(H,29,30). The van der Waals surface area contributed by atoms with Gasteiger partial charge in [0.25, 0.3) is 5.91 Å². The largest absolute Gasteiger partial charge is 0.497 e. The number of carbonyl (C=O) groups is 1. The molecule has 2 heterocycles. The Kier molecular flexibility index (Phi) is 6.09. The molecule has 1 aliphatic rings. The Morgan fingerprint density at radius 2 is 1.69 bits per heavy atom. The maximum absolute atomic E-state index is 13.7. The van der Waals surface area contributed by atoms with Crippen molar-refractivity contribution < 1.29 is 19.0 Å².